The van der Waals surface area contributed by atoms with Gasteiger partial charge in [-0.05, 0) is 18.2 Å². The number of aromatic nitrogens is 3. The zero-order valence-corrected chi connectivity index (χ0v) is 18.2. The molecule has 2 aromatic rings. The molecule has 1 aromatic heterocycles. The first kappa shape index (κ1) is 25.0. The number of aliphatic hydroxyl groups is 3. The molecule has 3 rings (SSSR count). The number of rotatable bonds is 6. The van der Waals surface area contributed by atoms with E-state index in [4.69, 9.17) is 27.9 Å². The number of alkyl halides is 3. The van der Waals surface area contributed by atoms with Gasteiger partial charge in [0.2, 0.25) is 0 Å². The van der Waals surface area contributed by atoms with Gasteiger partial charge < -0.3 is 25.4 Å². The zero-order valence-electron chi connectivity index (χ0n) is 15.9. The molecule has 0 bridgehead atoms. The Morgan fingerprint density at radius 2 is 1.97 bits per heavy atom. The summed E-state index contributed by atoms with van der Waals surface area (Å²) in [5, 5.41) is 40.4. The number of nitrogens with zero attached hydrogens (tertiary/aromatic N) is 3. The van der Waals surface area contributed by atoms with Crippen molar-refractivity contribution in [3.05, 3.63) is 40.1 Å². The monoisotopic (exact) mass is 516 g/mol. The van der Waals surface area contributed by atoms with E-state index in [2.05, 4.69) is 10.3 Å². The van der Waals surface area contributed by atoms with E-state index in [9.17, 15) is 33.3 Å². The Labute approximate surface area is 193 Å². The fourth-order valence-corrected chi connectivity index (χ4v) is 4.42. The second kappa shape index (κ2) is 10.1. The maximum Gasteiger partial charge on any atom is 0.405 e. The lowest BCUT2D eigenvalue weighted by Crippen LogP contribution is -2.55. The summed E-state index contributed by atoms with van der Waals surface area (Å²) in [6.45, 7) is -2.16. The summed E-state index contributed by atoms with van der Waals surface area (Å²) >= 11 is 12.9. The molecule has 0 saturated carbocycles. The Bertz CT molecular complexity index is 967. The average Bonchev–Trinajstić information content (AvgIpc) is 3.20. The highest BCUT2D eigenvalue weighted by Crippen LogP contribution is 2.39. The van der Waals surface area contributed by atoms with E-state index in [-0.39, 0.29) is 5.02 Å². The molecule has 2 heterocycles. The van der Waals surface area contributed by atoms with Gasteiger partial charge in [-0.25, -0.2) is 4.68 Å². The fourth-order valence-electron chi connectivity index (χ4n) is 2.96. The number of thioether (sulfide) groups is 1. The number of benzene rings is 1. The molecule has 4 N–H and O–H groups in total. The maximum atomic E-state index is 12.3. The number of nitrogens with one attached hydrogen (secondary N) is 1. The van der Waals surface area contributed by atoms with Gasteiger partial charge in [0.25, 0.3) is 5.91 Å². The number of carbonyl (C=O) groups is 1. The molecule has 9 nitrogen and oxygen atoms in total. The average molecular weight is 517 g/mol. The van der Waals surface area contributed by atoms with Crippen LogP contribution in [0.25, 0.3) is 0 Å². The van der Waals surface area contributed by atoms with Crippen LogP contribution in [-0.4, -0.2) is 79.3 Å². The van der Waals surface area contributed by atoms with Crippen molar-refractivity contribution < 1.29 is 38.0 Å². The number of aliphatic hydroxyl groups excluding tert-OH is 3. The first-order chi connectivity index (χ1) is 15.0. The predicted octanol–water partition coefficient (Wildman–Crippen LogP) is 1.65. The Hall–Kier alpha value is -1.61. The molecule has 1 amide bonds. The lowest BCUT2D eigenvalue weighted by Gasteiger charge is -2.41. The molecule has 15 heteroatoms. The van der Waals surface area contributed by atoms with E-state index >= 15 is 0 Å². The van der Waals surface area contributed by atoms with Gasteiger partial charge in [0.05, 0.1) is 22.8 Å². The third-order valence-corrected chi connectivity index (χ3v) is 6.38. The first-order valence-electron chi connectivity index (χ1n) is 9.01. The van der Waals surface area contributed by atoms with E-state index < -0.39 is 60.7 Å². The molecule has 0 radical (unpaired) electrons. The van der Waals surface area contributed by atoms with E-state index in [1.165, 1.54) is 6.07 Å². The molecular weight excluding hydrogens is 500 g/mol. The van der Waals surface area contributed by atoms with Gasteiger partial charge in [0, 0.05) is 4.90 Å². The summed E-state index contributed by atoms with van der Waals surface area (Å²) in [4.78, 5) is 12.5. The molecule has 3 unspecified atom stereocenters. The molecule has 1 aromatic carbocycles. The van der Waals surface area contributed by atoms with Crippen molar-refractivity contribution in [1.82, 2.24) is 20.3 Å². The SMILES string of the molecule is O=C(NCC(F)(F)F)c1cn(C2C(O)[C@@H](Sc3ccc(Cl)c(Cl)c3)OC(CO)[C@@H]2O)nn1. The van der Waals surface area contributed by atoms with Crippen LogP contribution in [0.3, 0.4) is 0 Å². The minimum atomic E-state index is -4.61. The number of hydrogen-bond donors (Lipinski definition) is 4. The van der Waals surface area contributed by atoms with Crippen molar-refractivity contribution in [2.24, 2.45) is 0 Å². The standard InChI is InChI=1S/C17H17Cl2F3N4O5S/c18-8-2-1-7(3-9(8)19)32-16-14(29)12(13(28)11(5-27)31-16)26-4-10(24-25-26)15(30)23-6-17(20,21)22/h1-4,11-14,16,27-29H,5-6H2,(H,23,30)/t11?,12?,13-,14?,16+/m0/s1. The number of halogens is 5. The van der Waals surface area contributed by atoms with E-state index in [1.807, 2.05) is 0 Å². The van der Waals surface area contributed by atoms with Gasteiger partial charge in [0.1, 0.15) is 36.3 Å². The highest BCUT2D eigenvalue weighted by atomic mass is 35.5. The Balaban J connectivity index is 1.80. The molecule has 1 saturated heterocycles. The van der Waals surface area contributed by atoms with Gasteiger partial charge in [-0.15, -0.1) is 5.10 Å². The van der Waals surface area contributed by atoms with Crippen LogP contribution in [0, 0.1) is 0 Å². The minimum absolute atomic E-state index is 0.267. The van der Waals surface area contributed by atoms with Gasteiger partial charge in [0.15, 0.2) is 5.69 Å². The molecule has 0 aliphatic carbocycles. The van der Waals surface area contributed by atoms with Gasteiger partial charge in [-0.1, -0.05) is 40.2 Å². The summed E-state index contributed by atoms with van der Waals surface area (Å²) in [5.41, 5.74) is -1.46. The zero-order chi connectivity index (χ0) is 23.6. The summed E-state index contributed by atoms with van der Waals surface area (Å²) in [5.74, 6) is -1.13. The highest BCUT2D eigenvalue weighted by Gasteiger charge is 2.46. The molecular formula is C17H17Cl2F3N4O5S. The molecule has 5 atom stereocenters. The van der Waals surface area contributed by atoms with E-state index in [1.54, 1.807) is 17.4 Å². The number of hydrogen-bond acceptors (Lipinski definition) is 8. The summed E-state index contributed by atoms with van der Waals surface area (Å²) in [6.07, 6.45) is -7.63. The second-order valence-electron chi connectivity index (χ2n) is 6.77. The van der Waals surface area contributed by atoms with Crippen LogP contribution in [0.1, 0.15) is 16.5 Å². The molecule has 1 aliphatic heterocycles. The Kier molecular flexibility index (Phi) is 7.91. The van der Waals surface area contributed by atoms with Gasteiger partial charge in [-0.2, -0.15) is 13.2 Å². The van der Waals surface area contributed by atoms with Crippen LogP contribution >= 0.6 is 35.0 Å². The number of carbonyl (C=O) groups excluding carboxylic acids is 1. The number of amides is 1. The third kappa shape index (κ3) is 5.84. The second-order valence-corrected chi connectivity index (χ2v) is 8.76. The molecule has 32 heavy (non-hydrogen) atoms. The largest absolute Gasteiger partial charge is 0.405 e. The summed E-state index contributed by atoms with van der Waals surface area (Å²) < 4.78 is 43.4. The van der Waals surface area contributed by atoms with E-state index in [0.717, 1.165) is 22.6 Å². The minimum Gasteiger partial charge on any atom is -0.394 e. The molecule has 1 aliphatic rings. The van der Waals surface area contributed by atoms with Crippen molar-refractivity contribution in [3.8, 4) is 0 Å². The van der Waals surface area contributed by atoms with Crippen molar-refractivity contribution in [1.29, 1.82) is 0 Å². The topological polar surface area (TPSA) is 130 Å². The van der Waals surface area contributed by atoms with Crippen molar-refractivity contribution in [2.75, 3.05) is 13.2 Å². The smallest absolute Gasteiger partial charge is 0.394 e. The highest BCUT2D eigenvalue weighted by molar-refractivity contribution is 7.99. The summed E-state index contributed by atoms with van der Waals surface area (Å²) in [7, 11) is 0. The fraction of sp³-hybridized carbons (Fsp3) is 0.471. The Morgan fingerprint density at radius 3 is 2.59 bits per heavy atom. The molecule has 0 spiro atoms. The van der Waals surface area contributed by atoms with Crippen LogP contribution < -0.4 is 5.32 Å². The van der Waals surface area contributed by atoms with Crippen LogP contribution in [0.2, 0.25) is 10.0 Å². The van der Waals surface area contributed by atoms with Crippen LogP contribution in [0.15, 0.2) is 29.3 Å². The summed E-state index contributed by atoms with van der Waals surface area (Å²) in [6, 6.07) is 3.48. The van der Waals surface area contributed by atoms with Crippen LogP contribution in [-0.2, 0) is 4.74 Å². The number of ether oxygens (including phenoxy) is 1. The molecule has 176 valence electrons. The van der Waals surface area contributed by atoms with Crippen molar-refractivity contribution in [3.63, 3.8) is 0 Å². The Morgan fingerprint density at radius 1 is 1.25 bits per heavy atom. The predicted molar refractivity (Wildman–Crippen MR) is 108 cm³/mol. The lowest BCUT2D eigenvalue weighted by atomic mass is 9.97. The quantitative estimate of drug-likeness (QED) is 0.456. The van der Waals surface area contributed by atoms with Crippen LogP contribution in [0.5, 0.6) is 0 Å². The van der Waals surface area contributed by atoms with Crippen molar-refractivity contribution >= 4 is 40.9 Å². The first-order valence-corrected chi connectivity index (χ1v) is 10.6. The van der Waals surface area contributed by atoms with Crippen molar-refractivity contribution in [2.45, 2.75) is 40.9 Å². The third-order valence-electron chi connectivity index (χ3n) is 4.49. The normalized spacial score (nSPS) is 26.2. The van der Waals surface area contributed by atoms with Gasteiger partial charge in [-0.3, -0.25) is 4.79 Å². The lowest BCUT2D eigenvalue weighted by molar-refractivity contribution is -0.178. The van der Waals surface area contributed by atoms with Crippen LogP contribution in [0.4, 0.5) is 13.2 Å². The maximum absolute atomic E-state index is 12.3. The van der Waals surface area contributed by atoms with E-state index in [0.29, 0.717) is 9.92 Å². The van der Waals surface area contributed by atoms with Gasteiger partial charge >= 0.3 is 6.18 Å². The molecule has 1 fully saturated rings.